The molecule has 0 aliphatic rings. The standard InChI is InChI=1S/C11H14N2O3S/c1-7(2)17-6-9(14)13-8-4-3-5-12-10(8)11(15)16/h3-5,7H,6H2,1-2H3,(H,13,14)(H,15,16). The zero-order valence-electron chi connectivity index (χ0n) is 9.64. The summed E-state index contributed by atoms with van der Waals surface area (Å²) in [6.07, 6.45) is 1.38. The van der Waals surface area contributed by atoms with Gasteiger partial charge in [-0.1, -0.05) is 13.8 Å². The third-order valence-electron chi connectivity index (χ3n) is 1.83. The van der Waals surface area contributed by atoms with Crippen molar-refractivity contribution >= 4 is 29.3 Å². The van der Waals surface area contributed by atoms with Crippen LogP contribution < -0.4 is 5.32 Å². The van der Waals surface area contributed by atoms with Crippen molar-refractivity contribution < 1.29 is 14.7 Å². The topological polar surface area (TPSA) is 79.3 Å². The van der Waals surface area contributed by atoms with Gasteiger partial charge in [0.2, 0.25) is 5.91 Å². The Morgan fingerprint density at radius 2 is 2.24 bits per heavy atom. The predicted octanol–water partition coefficient (Wildman–Crippen LogP) is 1.86. The molecule has 1 rings (SSSR count). The molecule has 92 valence electrons. The van der Waals surface area contributed by atoms with Crippen LogP contribution in [0, 0.1) is 0 Å². The van der Waals surface area contributed by atoms with Gasteiger partial charge in [0.25, 0.3) is 0 Å². The van der Waals surface area contributed by atoms with Gasteiger partial charge in [-0.25, -0.2) is 9.78 Å². The van der Waals surface area contributed by atoms with Crippen LogP contribution in [0.4, 0.5) is 5.69 Å². The normalized spacial score (nSPS) is 10.3. The first-order valence-corrected chi connectivity index (χ1v) is 6.15. The maximum Gasteiger partial charge on any atom is 0.356 e. The Balaban J connectivity index is 2.68. The monoisotopic (exact) mass is 254 g/mol. The molecule has 0 unspecified atom stereocenters. The molecular formula is C11H14N2O3S. The number of carbonyl (C=O) groups excluding carboxylic acids is 1. The fourth-order valence-corrected chi connectivity index (χ4v) is 1.66. The van der Waals surface area contributed by atoms with Crippen LogP contribution in [0.2, 0.25) is 0 Å². The van der Waals surface area contributed by atoms with Crippen molar-refractivity contribution in [3.8, 4) is 0 Å². The Morgan fingerprint density at radius 1 is 1.53 bits per heavy atom. The Kier molecular flexibility index (Phi) is 4.96. The van der Waals surface area contributed by atoms with Crippen LogP contribution >= 0.6 is 11.8 Å². The molecule has 6 heteroatoms. The summed E-state index contributed by atoms with van der Waals surface area (Å²) in [7, 11) is 0. The predicted molar refractivity (Wildman–Crippen MR) is 67.4 cm³/mol. The van der Waals surface area contributed by atoms with Crippen LogP contribution in [0.5, 0.6) is 0 Å². The molecule has 1 aromatic heterocycles. The van der Waals surface area contributed by atoms with Crippen LogP contribution in [0.25, 0.3) is 0 Å². The number of hydrogen-bond donors (Lipinski definition) is 2. The smallest absolute Gasteiger partial charge is 0.356 e. The number of amides is 1. The van der Waals surface area contributed by atoms with Crippen molar-refractivity contribution in [3.05, 3.63) is 24.0 Å². The second-order valence-electron chi connectivity index (χ2n) is 3.61. The summed E-state index contributed by atoms with van der Waals surface area (Å²) in [6, 6.07) is 3.10. The van der Waals surface area contributed by atoms with E-state index in [2.05, 4.69) is 10.3 Å². The van der Waals surface area contributed by atoms with Gasteiger partial charge in [0.15, 0.2) is 5.69 Å². The number of carboxylic acids is 1. The molecule has 0 atom stereocenters. The Hall–Kier alpha value is -1.56. The van der Waals surface area contributed by atoms with E-state index in [9.17, 15) is 9.59 Å². The van der Waals surface area contributed by atoms with Crippen molar-refractivity contribution in [2.75, 3.05) is 11.1 Å². The van der Waals surface area contributed by atoms with Crippen molar-refractivity contribution in [2.45, 2.75) is 19.1 Å². The van der Waals surface area contributed by atoms with Gasteiger partial charge >= 0.3 is 5.97 Å². The highest BCUT2D eigenvalue weighted by atomic mass is 32.2. The van der Waals surface area contributed by atoms with Gasteiger partial charge in [-0.3, -0.25) is 4.79 Å². The van der Waals surface area contributed by atoms with E-state index >= 15 is 0 Å². The summed E-state index contributed by atoms with van der Waals surface area (Å²) in [4.78, 5) is 26.1. The number of nitrogens with one attached hydrogen (secondary N) is 1. The lowest BCUT2D eigenvalue weighted by Crippen LogP contribution is -2.18. The van der Waals surface area contributed by atoms with E-state index in [0.717, 1.165) is 0 Å². The number of carbonyl (C=O) groups is 2. The zero-order valence-corrected chi connectivity index (χ0v) is 10.5. The van der Waals surface area contributed by atoms with E-state index in [4.69, 9.17) is 5.11 Å². The number of pyridine rings is 1. The average Bonchev–Trinajstić information content (AvgIpc) is 2.27. The summed E-state index contributed by atoms with van der Waals surface area (Å²) < 4.78 is 0. The molecule has 0 spiro atoms. The van der Waals surface area contributed by atoms with Gasteiger partial charge in [-0.2, -0.15) is 0 Å². The molecular weight excluding hydrogens is 240 g/mol. The van der Waals surface area contributed by atoms with Gasteiger partial charge < -0.3 is 10.4 Å². The Bertz CT molecular complexity index is 421. The first-order chi connectivity index (χ1) is 8.00. The van der Waals surface area contributed by atoms with Crippen LogP contribution in [-0.2, 0) is 4.79 Å². The minimum Gasteiger partial charge on any atom is -0.476 e. The number of hydrogen-bond acceptors (Lipinski definition) is 4. The van der Waals surface area contributed by atoms with E-state index in [1.807, 2.05) is 13.8 Å². The van der Waals surface area contributed by atoms with Crippen molar-refractivity contribution in [2.24, 2.45) is 0 Å². The molecule has 0 radical (unpaired) electrons. The molecule has 2 N–H and O–H groups in total. The van der Waals surface area contributed by atoms with Gasteiger partial charge in [-0.05, 0) is 17.4 Å². The number of rotatable bonds is 5. The fourth-order valence-electron chi connectivity index (χ4n) is 1.11. The molecule has 5 nitrogen and oxygen atoms in total. The lowest BCUT2D eigenvalue weighted by molar-refractivity contribution is -0.113. The van der Waals surface area contributed by atoms with E-state index in [-0.39, 0.29) is 17.3 Å². The number of nitrogens with zero attached hydrogens (tertiary/aromatic N) is 1. The minimum absolute atomic E-state index is 0.143. The van der Waals surface area contributed by atoms with E-state index in [0.29, 0.717) is 11.0 Å². The van der Waals surface area contributed by atoms with Gasteiger partial charge in [0.1, 0.15) is 0 Å². The highest BCUT2D eigenvalue weighted by molar-refractivity contribution is 8.00. The molecule has 0 bridgehead atoms. The molecule has 1 heterocycles. The maximum atomic E-state index is 11.5. The third kappa shape index (κ3) is 4.44. The summed E-state index contributed by atoms with van der Waals surface area (Å²) in [5.41, 5.74) is 0.0877. The van der Waals surface area contributed by atoms with E-state index in [1.54, 1.807) is 6.07 Å². The highest BCUT2D eigenvalue weighted by Crippen LogP contribution is 2.14. The maximum absolute atomic E-state index is 11.5. The summed E-state index contributed by atoms with van der Waals surface area (Å²) in [6.45, 7) is 3.98. The lowest BCUT2D eigenvalue weighted by atomic mass is 10.3. The summed E-state index contributed by atoms with van der Waals surface area (Å²) >= 11 is 1.49. The Labute approximate surface area is 104 Å². The fraction of sp³-hybridized carbons (Fsp3) is 0.364. The molecule has 0 aromatic carbocycles. The highest BCUT2D eigenvalue weighted by Gasteiger charge is 2.13. The molecule has 0 saturated carbocycles. The Morgan fingerprint density at radius 3 is 2.82 bits per heavy atom. The van der Waals surface area contributed by atoms with Gasteiger partial charge in [-0.15, -0.1) is 11.8 Å². The van der Waals surface area contributed by atoms with Gasteiger partial charge in [0.05, 0.1) is 11.4 Å². The number of anilines is 1. The quantitative estimate of drug-likeness (QED) is 0.838. The zero-order chi connectivity index (χ0) is 12.8. The van der Waals surface area contributed by atoms with Crippen LogP contribution in [0.3, 0.4) is 0 Å². The second kappa shape index (κ2) is 6.24. The number of carboxylic acid groups (broad SMARTS) is 1. The van der Waals surface area contributed by atoms with Crippen molar-refractivity contribution in [1.82, 2.24) is 4.98 Å². The number of thioether (sulfide) groups is 1. The summed E-state index contributed by atoms with van der Waals surface area (Å²) in [5.74, 6) is -1.08. The largest absolute Gasteiger partial charge is 0.476 e. The number of aromatic nitrogens is 1. The molecule has 1 amide bonds. The molecule has 17 heavy (non-hydrogen) atoms. The molecule has 0 aliphatic heterocycles. The first-order valence-electron chi connectivity index (χ1n) is 5.10. The SMILES string of the molecule is CC(C)SCC(=O)Nc1cccnc1C(=O)O. The lowest BCUT2D eigenvalue weighted by Gasteiger charge is -2.08. The van der Waals surface area contributed by atoms with Crippen LogP contribution in [-0.4, -0.2) is 33.0 Å². The molecule has 0 fully saturated rings. The summed E-state index contributed by atoms with van der Waals surface area (Å²) in [5, 5.41) is 11.8. The van der Waals surface area contributed by atoms with E-state index in [1.165, 1.54) is 24.0 Å². The number of aromatic carboxylic acids is 1. The van der Waals surface area contributed by atoms with E-state index < -0.39 is 5.97 Å². The second-order valence-corrected chi connectivity index (χ2v) is 5.18. The average molecular weight is 254 g/mol. The van der Waals surface area contributed by atoms with Crippen LogP contribution in [0.1, 0.15) is 24.3 Å². The third-order valence-corrected chi connectivity index (χ3v) is 2.93. The van der Waals surface area contributed by atoms with Crippen molar-refractivity contribution in [1.29, 1.82) is 0 Å². The first kappa shape index (κ1) is 13.5. The minimum atomic E-state index is -1.16. The molecule has 0 saturated heterocycles. The van der Waals surface area contributed by atoms with Gasteiger partial charge in [0, 0.05) is 6.20 Å². The molecule has 1 aromatic rings. The molecule has 0 aliphatic carbocycles. The van der Waals surface area contributed by atoms with Crippen molar-refractivity contribution in [3.63, 3.8) is 0 Å². The van der Waals surface area contributed by atoms with Crippen LogP contribution in [0.15, 0.2) is 18.3 Å².